The highest BCUT2D eigenvalue weighted by atomic mass is 19.4. The molecule has 1 aromatic carbocycles. The first-order valence-corrected chi connectivity index (χ1v) is 8.81. The SMILES string of the molecule is O=C(Cn1ccnc1N=Nc1ccc(C(F)(F)F)cc1)NC1CCCCC1. The molecule has 144 valence electrons. The monoisotopic (exact) mass is 379 g/mol. The van der Waals surface area contributed by atoms with E-state index in [1.165, 1.54) is 24.8 Å². The van der Waals surface area contributed by atoms with Gasteiger partial charge in [-0.1, -0.05) is 19.3 Å². The van der Waals surface area contributed by atoms with Crippen LogP contribution in [-0.2, 0) is 17.5 Å². The maximum absolute atomic E-state index is 12.6. The molecule has 0 aliphatic heterocycles. The van der Waals surface area contributed by atoms with E-state index in [0.29, 0.717) is 0 Å². The summed E-state index contributed by atoms with van der Waals surface area (Å²) >= 11 is 0. The summed E-state index contributed by atoms with van der Waals surface area (Å²) in [6.45, 7) is 0.0673. The third-order valence-corrected chi connectivity index (χ3v) is 4.43. The average molecular weight is 379 g/mol. The number of benzene rings is 1. The lowest BCUT2D eigenvalue weighted by molar-refractivity contribution is -0.137. The summed E-state index contributed by atoms with van der Waals surface area (Å²) in [6, 6.07) is 4.56. The first-order valence-electron chi connectivity index (χ1n) is 8.81. The van der Waals surface area contributed by atoms with Crippen LogP contribution in [0.25, 0.3) is 0 Å². The van der Waals surface area contributed by atoms with Crippen LogP contribution in [0.1, 0.15) is 37.7 Å². The number of carbonyl (C=O) groups excluding carboxylic acids is 1. The smallest absolute Gasteiger partial charge is 0.352 e. The Hall–Kier alpha value is -2.71. The van der Waals surface area contributed by atoms with Gasteiger partial charge in [0.15, 0.2) is 0 Å². The number of azo groups is 1. The molecular formula is C18H20F3N5O. The molecule has 1 amide bonds. The number of aromatic nitrogens is 2. The molecule has 1 N–H and O–H groups in total. The van der Waals surface area contributed by atoms with Crippen molar-refractivity contribution in [2.24, 2.45) is 10.2 Å². The molecule has 3 rings (SSSR count). The summed E-state index contributed by atoms with van der Waals surface area (Å²) in [5, 5.41) is 10.9. The molecule has 1 fully saturated rings. The Morgan fingerprint density at radius 2 is 1.85 bits per heavy atom. The summed E-state index contributed by atoms with van der Waals surface area (Å²) in [4.78, 5) is 16.2. The maximum Gasteiger partial charge on any atom is 0.416 e. The number of rotatable bonds is 5. The highest BCUT2D eigenvalue weighted by molar-refractivity contribution is 5.76. The van der Waals surface area contributed by atoms with Crippen molar-refractivity contribution in [3.05, 3.63) is 42.2 Å². The molecule has 0 atom stereocenters. The van der Waals surface area contributed by atoms with Crippen molar-refractivity contribution in [3.8, 4) is 0 Å². The maximum atomic E-state index is 12.6. The third-order valence-electron chi connectivity index (χ3n) is 4.43. The van der Waals surface area contributed by atoms with Gasteiger partial charge < -0.3 is 9.88 Å². The zero-order valence-corrected chi connectivity index (χ0v) is 14.6. The van der Waals surface area contributed by atoms with Crippen LogP contribution in [0.4, 0.5) is 24.8 Å². The summed E-state index contributed by atoms with van der Waals surface area (Å²) in [5.74, 6) is 0.0968. The summed E-state index contributed by atoms with van der Waals surface area (Å²) in [7, 11) is 0. The zero-order valence-electron chi connectivity index (χ0n) is 14.6. The van der Waals surface area contributed by atoms with Crippen molar-refractivity contribution < 1.29 is 18.0 Å². The van der Waals surface area contributed by atoms with Crippen LogP contribution >= 0.6 is 0 Å². The van der Waals surface area contributed by atoms with Crippen molar-refractivity contribution in [1.29, 1.82) is 0 Å². The van der Waals surface area contributed by atoms with Crippen molar-refractivity contribution in [3.63, 3.8) is 0 Å². The van der Waals surface area contributed by atoms with Crippen LogP contribution in [0.3, 0.4) is 0 Å². The van der Waals surface area contributed by atoms with E-state index in [0.717, 1.165) is 37.8 Å². The van der Waals surface area contributed by atoms with E-state index in [1.54, 1.807) is 10.8 Å². The van der Waals surface area contributed by atoms with Gasteiger partial charge in [0.2, 0.25) is 11.9 Å². The van der Waals surface area contributed by atoms with E-state index in [1.807, 2.05) is 0 Å². The quantitative estimate of drug-likeness (QED) is 0.761. The Labute approximate surface area is 154 Å². The highest BCUT2D eigenvalue weighted by Gasteiger charge is 2.29. The third kappa shape index (κ3) is 5.38. The molecule has 1 aromatic heterocycles. The van der Waals surface area contributed by atoms with Gasteiger partial charge in [-0.05, 0) is 37.1 Å². The summed E-state index contributed by atoms with van der Waals surface area (Å²) in [5.41, 5.74) is -0.480. The second-order valence-corrected chi connectivity index (χ2v) is 6.50. The van der Waals surface area contributed by atoms with Gasteiger partial charge in [-0.25, -0.2) is 4.98 Å². The van der Waals surface area contributed by atoms with Gasteiger partial charge >= 0.3 is 6.18 Å². The number of amides is 1. The van der Waals surface area contributed by atoms with Gasteiger partial charge in [0.1, 0.15) is 6.54 Å². The minimum absolute atomic E-state index is 0.0673. The van der Waals surface area contributed by atoms with Crippen molar-refractivity contribution in [2.75, 3.05) is 0 Å². The number of nitrogens with one attached hydrogen (secondary N) is 1. The van der Waals surface area contributed by atoms with Crippen molar-refractivity contribution in [2.45, 2.75) is 50.9 Å². The topological polar surface area (TPSA) is 71.6 Å². The molecule has 1 aliphatic carbocycles. The summed E-state index contributed by atoms with van der Waals surface area (Å²) < 4.78 is 39.2. The highest BCUT2D eigenvalue weighted by Crippen LogP contribution is 2.30. The fourth-order valence-electron chi connectivity index (χ4n) is 3.02. The van der Waals surface area contributed by atoms with E-state index < -0.39 is 11.7 Å². The first-order chi connectivity index (χ1) is 12.9. The Balaban J connectivity index is 1.61. The fourth-order valence-corrected chi connectivity index (χ4v) is 3.02. The normalized spacial score (nSPS) is 16.0. The predicted molar refractivity (Wildman–Crippen MR) is 92.9 cm³/mol. The van der Waals surface area contributed by atoms with E-state index in [9.17, 15) is 18.0 Å². The summed E-state index contributed by atoms with van der Waals surface area (Å²) in [6.07, 6.45) is 4.17. The average Bonchev–Trinajstić information content (AvgIpc) is 3.07. The Morgan fingerprint density at radius 1 is 1.15 bits per heavy atom. The molecule has 2 aromatic rings. The molecule has 0 unspecified atom stereocenters. The second-order valence-electron chi connectivity index (χ2n) is 6.50. The molecule has 0 spiro atoms. The van der Waals surface area contributed by atoms with Gasteiger partial charge in [0.25, 0.3) is 0 Å². The minimum atomic E-state index is -4.39. The standard InChI is InChI=1S/C18H20F3N5O/c19-18(20,21)13-6-8-15(9-7-13)24-25-17-22-10-11-26(17)12-16(27)23-14-4-2-1-3-5-14/h6-11,14H,1-5,12H2,(H,23,27). The molecule has 1 aliphatic rings. The minimum Gasteiger partial charge on any atom is -0.352 e. The van der Waals surface area contributed by atoms with Crippen molar-refractivity contribution >= 4 is 17.5 Å². The van der Waals surface area contributed by atoms with Crippen LogP contribution in [0.15, 0.2) is 46.9 Å². The van der Waals surface area contributed by atoms with Crippen LogP contribution in [0.2, 0.25) is 0 Å². The molecule has 0 bridgehead atoms. The van der Waals surface area contributed by atoms with Gasteiger partial charge in [-0.2, -0.15) is 13.2 Å². The number of imidazole rings is 1. The van der Waals surface area contributed by atoms with Crippen LogP contribution in [0.5, 0.6) is 0 Å². The van der Waals surface area contributed by atoms with E-state index in [4.69, 9.17) is 0 Å². The number of alkyl halides is 3. The van der Waals surface area contributed by atoms with E-state index in [2.05, 4.69) is 20.5 Å². The molecule has 9 heteroatoms. The van der Waals surface area contributed by atoms with Gasteiger partial charge in [-0.3, -0.25) is 4.79 Å². The van der Waals surface area contributed by atoms with Gasteiger partial charge in [-0.15, -0.1) is 10.2 Å². The molecule has 1 heterocycles. The lowest BCUT2D eigenvalue weighted by Crippen LogP contribution is -2.38. The zero-order chi connectivity index (χ0) is 19.3. The second kappa shape index (κ2) is 8.32. The van der Waals surface area contributed by atoms with Gasteiger partial charge in [0, 0.05) is 18.4 Å². The van der Waals surface area contributed by atoms with Crippen LogP contribution < -0.4 is 5.32 Å². The fraction of sp³-hybridized carbons (Fsp3) is 0.444. The van der Waals surface area contributed by atoms with E-state index >= 15 is 0 Å². The largest absolute Gasteiger partial charge is 0.416 e. The Morgan fingerprint density at radius 3 is 2.52 bits per heavy atom. The number of halogens is 3. The molecule has 0 radical (unpaired) electrons. The van der Waals surface area contributed by atoms with E-state index in [-0.39, 0.29) is 30.1 Å². The number of hydrogen-bond acceptors (Lipinski definition) is 4. The number of carbonyl (C=O) groups is 1. The first kappa shape index (κ1) is 19.1. The molecule has 1 saturated carbocycles. The predicted octanol–water partition coefficient (Wildman–Crippen LogP) is 4.77. The lowest BCUT2D eigenvalue weighted by atomic mass is 9.95. The number of nitrogens with zero attached hydrogens (tertiary/aromatic N) is 4. The number of hydrogen-bond donors (Lipinski definition) is 1. The molecule has 0 saturated heterocycles. The van der Waals surface area contributed by atoms with Crippen LogP contribution in [-0.4, -0.2) is 21.5 Å². The molecular weight excluding hydrogens is 359 g/mol. The Bertz CT molecular complexity index is 792. The molecule has 6 nitrogen and oxygen atoms in total. The van der Waals surface area contributed by atoms with Gasteiger partial charge in [0.05, 0.1) is 11.3 Å². The van der Waals surface area contributed by atoms with Crippen molar-refractivity contribution in [1.82, 2.24) is 14.9 Å². The Kier molecular flexibility index (Phi) is 5.88. The molecule has 27 heavy (non-hydrogen) atoms. The van der Waals surface area contributed by atoms with Crippen LogP contribution in [0, 0.1) is 0 Å². The lowest BCUT2D eigenvalue weighted by Gasteiger charge is -2.22.